The van der Waals surface area contributed by atoms with Crippen LogP contribution in [-0.2, 0) is 4.74 Å². The molecule has 64 valence electrons. The summed E-state index contributed by atoms with van der Waals surface area (Å²) in [6.07, 6.45) is -0.636. The van der Waals surface area contributed by atoms with Crippen molar-refractivity contribution in [2.24, 2.45) is 0 Å². The summed E-state index contributed by atoms with van der Waals surface area (Å²) < 4.78 is 38.2. The molecule has 0 radical (unpaired) electrons. The second kappa shape index (κ2) is 4.05. The van der Waals surface area contributed by atoms with Gasteiger partial charge in [-0.3, -0.25) is 0 Å². The maximum absolute atomic E-state index is 11.5. The van der Waals surface area contributed by atoms with Gasteiger partial charge in [0.15, 0.2) is 0 Å². The van der Waals surface area contributed by atoms with Crippen LogP contribution in [-0.4, -0.2) is 6.36 Å². The zero-order valence-electron chi connectivity index (χ0n) is 6.27. The number of alkyl halides is 3. The van der Waals surface area contributed by atoms with Crippen LogP contribution in [0.1, 0.15) is 13.8 Å². The summed E-state index contributed by atoms with van der Waals surface area (Å²) in [5, 5.41) is 0. The van der Waals surface area contributed by atoms with E-state index in [4.69, 9.17) is 0 Å². The zero-order valence-corrected chi connectivity index (χ0v) is 6.27. The topological polar surface area (TPSA) is 9.23 Å². The van der Waals surface area contributed by atoms with Crippen LogP contribution in [0, 0.1) is 0 Å². The molecule has 0 aromatic heterocycles. The van der Waals surface area contributed by atoms with Gasteiger partial charge in [0, 0.05) is 0 Å². The van der Waals surface area contributed by atoms with Crippen molar-refractivity contribution in [1.29, 1.82) is 0 Å². The van der Waals surface area contributed by atoms with Crippen LogP contribution in [0.5, 0.6) is 0 Å². The Morgan fingerprint density at radius 1 is 1.27 bits per heavy atom. The number of allylic oxidation sites excluding steroid dienone is 3. The molecule has 0 heterocycles. The molecule has 1 nitrogen and oxygen atoms in total. The zero-order chi connectivity index (χ0) is 8.91. The molecule has 0 spiro atoms. The van der Waals surface area contributed by atoms with E-state index >= 15 is 0 Å². The summed E-state index contributed by atoms with van der Waals surface area (Å²) in [5.74, 6) is -0.194. The Labute approximate surface area is 63.2 Å². The molecule has 0 aliphatic heterocycles. The number of hydrogen-bond acceptors (Lipinski definition) is 1. The smallest absolute Gasteiger partial charge is 0.406 e. The summed E-state index contributed by atoms with van der Waals surface area (Å²) in [4.78, 5) is 0. The lowest BCUT2D eigenvalue weighted by atomic mass is 10.4. The molecule has 0 aromatic rings. The van der Waals surface area contributed by atoms with Gasteiger partial charge in [0.2, 0.25) is 0 Å². The number of hydrogen-bond donors (Lipinski definition) is 0. The van der Waals surface area contributed by atoms with E-state index in [1.54, 1.807) is 6.92 Å². The normalized spacial score (nSPS) is 14.1. The van der Waals surface area contributed by atoms with E-state index in [9.17, 15) is 13.2 Å². The molecular formula is C7H9F3O. The van der Waals surface area contributed by atoms with E-state index in [0.717, 1.165) is 0 Å². The lowest BCUT2D eigenvalue weighted by molar-refractivity contribution is -0.303. The maximum Gasteiger partial charge on any atom is 0.573 e. The maximum atomic E-state index is 11.5. The van der Waals surface area contributed by atoms with Gasteiger partial charge in [-0.25, -0.2) is 0 Å². The van der Waals surface area contributed by atoms with Gasteiger partial charge in [-0.15, -0.1) is 13.2 Å². The first-order valence-corrected chi connectivity index (χ1v) is 3.04. The first-order valence-electron chi connectivity index (χ1n) is 3.04. The predicted molar refractivity (Wildman–Crippen MR) is 35.7 cm³/mol. The molecule has 0 aromatic carbocycles. The van der Waals surface area contributed by atoms with Crippen LogP contribution < -0.4 is 0 Å². The van der Waals surface area contributed by atoms with Crippen molar-refractivity contribution in [2.45, 2.75) is 20.2 Å². The number of rotatable bonds is 2. The molecule has 11 heavy (non-hydrogen) atoms. The SMILES string of the molecule is C/C=C\C(=C/C)OC(F)(F)F. The van der Waals surface area contributed by atoms with E-state index < -0.39 is 6.36 Å². The van der Waals surface area contributed by atoms with Crippen LogP contribution in [0.15, 0.2) is 24.0 Å². The first-order chi connectivity index (χ1) is 4.99. The minimum absolute atomic E-state index is 0.194. The quantitative estimate of drug-likeness (QED) is 0.452. The molecule has 0 aliphatic rings. The molecule has 0 bridgehead atoms. The number of halogens is 3. The molecule has 0 amide bonds. The third-order valence-corrected chi connectivity index (χ3v) is 0.849. The third kappa shape index (κ3) is 5.51. The fraction of sp³-hybridized carbons (Fsp3) is 0.429. The second-order valence-electron chi connectivity index (χ2n) is 1.74. The fourth-order valence-corrected chi connectivity index (χ4v) is 0.487. The standard InChI is InChI=1S/C7H9F3O/c1-3-5-6(4-2)11-7(8,9)10/h3-5H,1-2H3/b5-3-,6-4+. The minimum Gasteiger partial charge on any atom is -0.406 e. The highest BCUT2D eigenvalue weighted by molar-refractivity contribution is 5.09. The fourth-order valence-electron chi connectivity index (χ4n) is 0.487. The average molecular weight is 166 g/mol. The minimum atomic E-state index is -4.60. The summed E-state index contributed by atoms with van der Waals surface area (Å²) in [5.41, 5.74) is 0. The van der Waals surface area contributed by atoms with E-state index in [1.165, 1.54) is 25.2 Å². The van der Waals surface area contributed by atoms with Crippen LogP contribution in [0.4, 0.5) is 13.2 Å². The molecule has 0 unspecified atom stereocenters. The van der Waals surface area contributed by atoms with Crippen molar-refractivity contribution >= 4 is 0 Å². The van der Waals surface area contributed by atoms with Crippen LogP contribution >= 0.6 is 0 Å². The summed E-state index contributed by atoms with van der Waals surface area (Å²) in [6.45, 7) is 3.09. The first kappa shape index (κ1) is 10.1. The monoisotopic (exact) mass is 166 g/mol. The summed E-state index contributed by atoms with van der Waals surface area (Å²) >= 11 is 0. The van der Waals surface area contributed by atoms with Gasteiger partial charge >= 0.3 is 6.36 Å². The Kier molecular flexibility index (Phi) is 3.71. The predicted octanol–water partition coefficient (Wildman–Crippen LogP) is 3.00. The molecule has 0 atom stereocenters. The molecule has 0 rings (SSSR count). The highest BCUT2D eigenvalue weighted by Crippen LogP contribution is 2.20. The number of ether oxygens (including phenoxy) is 1. The highest BCUT2D eigenvalue weighted by atomic mass is 19.4. The Morgan fingerprint density at radius 2 is 1.82 bits per heavy atom. The molecule has 0 N–H and O–H groups in total. The van der Waals surface area contributed by atoms with E-state index in [0.29, 0.717) is 0 Å². The lowest BCUT2D eigenvalue weighted by Gasteiger charge is -2.08. The molecule has 0 fully saturated rings. The van der Waals surface area contributed by atoms with Gasteiger partial charge in [-0.05, 0) is 26.0 Å². The summed E-state index contributed by atoms with van der Waals surface area (Å²) in [7, 11) is 0. The van der Waals surface area contributed by atoms with Crippen molar-refractivity contribution < 1.29 is 17.9 Å². The van der Waals surface area contributed by atoms with Crippen LogP contribution in [0.2, 0.25) is 0 Å². The van der Waals surface area contributed by atoms with Crippen LogP contribution in [0.25, 0.3) is 0 Å². The van der Waals surface area contributed by atoms with Gasteiger partial charge in [0.25, 0.3) is 0 Å². The lowest BCUT2D eigenvalue weighted by Crippen LogP contribution is -2.11. The Hall–Kier alpha value is -0.930. The van der Waals surface area contributed by atoms with Gasteiger partial charge < -0.3 is 4.74 Å². The van der Waals surface area contributed by atoms with Gasteiger partial charge in [-0.1, -0.05) is 6.08 Å². The summed E-state index contributed by atoms with van der Waals surface area (Å²) in [6, 6.07) is 0. The third-order valence-electron chi connectivity index (χ3n) is 0.849. The molecule has 4 heteroatoms. The van der Waals surface area contributed by atoms with Gasteiger partial charge in [0.1, 0.15) is 5.76 Å². The largest absolute Gasteiger partial charge is 0.573 e. The Bertz CT molecular complexity index is 167. The highest BCUT2D eigenvalue weighted by Gasteiger charge is 2.31. The van der Waals surface area contributed by atoms with E-state index in [2.05, 4.69) is 4.74 Å². The van der Waals surface area contributed by atoms with Crippen molar-refractivity contribution in [3.8, 4) is 0 Å². The Balaban J connectivity index is 4.12. The average Bonchev–Trinajstić information content (AvgIpc) is 1.84. The van der Waals surface area contributed by atoms with Crippen molar-refractivity contribution in [3.63, 3.8) is 0 Å². The van der Waals surface area contributed by atoms with Gasteiger partial charge in [-0.2, -0.15) is 0 Å². The molecule has 0 aliphatic carbocycles. The Morgan fingerprint density at radius 3 is 2.09 bits per heavy atom. The van der Waals surface area contributed by atoms with E-state index in [-0.39, 0.29) is 5.76 Å². The van der Waals surface area contributed by atoms with E-state index in [1.807, 2.05) is 0 Å². The molecular weight excluding hydrogens is 157 g/mol. The van der Waals surface area contributed by atoms with Gasteiger partial charge in [0.05, 0.1) is 0 Å². The van der Waals surface area contributed by atoms with Crippen molar-refractivity contribution in [2.75, 3.05) is 0 Å². The van der Waals surface area contributed by atoms with Crippen molar-refractivity contribution in [1.82, 2.24) is 0 Å². The van der Waals surface area contributed by atoms with Crippen LogP contribution in [0.3, 0.4) is 0 Å². The second-order valence-corrected chi connectivity index (χ2v) is 1.74. The molecule has 0 saturated heterocycles. The molecule has 0 saturated carbocycles. The van der Waals surface area contributed by atoms with Crippen molar-refractivity contribution in [3.05, 3.63) is 24.0 Å².